The van der Waals surface area contributed by atoms with Crippen molar-refractivity contribution in [2.24, 2.45) is 0 Å². The Balaban J connectivity index is 1.38. The molecule has 0 spiro atoms. The molecule has 3 heterocycles. The van der Waals surface area contributed by atoms with Gasteiger partial charge in [-0.2, -0.15) is 0 Å². The minimum Gasteiger partial charge on any atom is -0.355 e. The predicted octanol–water partition coefficient (Wildman–Crippen LogP) is 3.30. The summed E-state index contributed by atoms with van der Waals surface area (Å²) in [4.78, 5) is 19.0. The highest BCUT2D eigenvalue weighted by Gasteiger charge is 2.30. The van der Waals surface area contributed by atoms with Crippen molar-refractivity contribution in [3.8, 4) is 11.3 Å². The fourth-order valence-corrected chi connectivity index (χ4v) is 3.54. The summed E-state index contributed by atoms with van der Waals surface area (Å²) >= 11 is 0. The number of hydrogen-bond donors (Lipinski definition) is 1. The summed E-state index contributed by atoms with van der Waals surface area (Å²) in [6.45, 7) is 6.72. The first-order chi connectivity index (χ1) is 13.5. The molecule has 0 bridgehead atoms. The van der Waals surface area contributed by atoms with Gasteiger partial charge in [-0.15, -0.1) is 0 Å². The van der Waals surface area contributed by atoms with Crippen LogP contribution in [0.15, 0.2) is 59.4 Å². The molecule has 1 aliphatic heterocycles. The van der Waals surface area contributed by atoms with E-state index in [1.807, 2.05) is 12.1 Å². The zero-order chi connectivity index (χ0) is 19.6. The molecule has 0 radical (unpaired) electrons. The molecule has 2 aromatic heterocycles. The third-order valence-corrected chi connectivity index (χ3v) is 5.36. The van der Waals surface area contributed by atoms with E-state index in [4.69, 9.17) is 4.52 Å². The van der Waals surface area contributed by atoms with Crippen LogP contribution in [0.2, 0.25) is 0 Å². The van der Waals surface area contributed by atoms with Crippen LogP contribution >= 0.6 is 0 Å². The molecule has 1 aromatic carbocycles. The molecule has 0 atom stereocenters. The van der Waals surface area contributed by atoms with Crippen LogP contribution in [0.5, 0.6) is 0 Å². The largest absolute Gasteiger partial charge is 0.355 e. The van der Waals surface area contributed by atoms with Crippen molar-refractivity contribution >= 4 is 5.91 Å². The maximum absolute atomic E-state index is 12.5. The van der Waals surface area contributed by atoms with E-state index < -0.39 is 0 Å². The fraction of sp³-hybridized carbons (Fsp3) is 0.318. The Morgan fingerprint density at radius 2 is 2.04 bits per heavy atom. The number of amides is 1. The molecule has 0 aliphatic carbocycles. The average molecular weight is 376 g/mol. The monoisotopic (exact) mass is 376 g/mol. The summed E-state index contributed by atoms with van der Waals surface area (Å²) in [5.74, 6) is 0.300. The van der Waals surface area contributed by atoms with E-state index in [1.165, 1.54) is 11.1 Å². The third-order valence-electron chi connectivity index (χ3n) is 5.36. The first kappa shape index (κ1) is 18.4. The molecule has 4 rings (SSSR count). The molecule has 1 N–H and O–H groups in total. The van der Waals surface area contributed by atoms with Crippen molar-refractivity contribution < 1.29 is 9.32 Å². The van der Waals surface area contributed by atoms with Crippen molar-refractivity contribution in [2.75, 3.05) is 13.1 Å². The Bertz CT molecular complexity index is 965. The van der Waals surface area contributed by atoms with Crippen molar-refractivity contribution in [3.05, 3.63) is 71.7 Å². The van der Waals surface area contributed by atoms with E-state index in [0.29, 0.717) is 12.3 Å². The zero-order valence-corrected chi connectivity index (χ0v) is 16.2. The quantitative estimate of drug-likeness (QED) is 0.740. The number of nitrogens with one attached hydrogen (secondary N) is 1. The number of aromatic nitrogens is 2. The Morgan fingerprint density at radius 1 is 1.21 bits per heavy atom. The van der Waals surface area contributed by atoms with Crippen LogP contribution in [0.25, 0.3) is 11.3 Å². The summed E-state index contributed by atoms with van der Waals surface area (Å²) in [5.41, 5.74) is 3.69. The minimum atomic E-state index is -0.232. The maximum Gasteiger partial charge on any atom is 0.273 e. The molecular weight excluding hydrogens is 352 g/mol. The molecule has 6 heteroatoms. The molecule has 1 aliphatic rings. The van der Waals surface area contributed by atoms with Crippen LogP contribution in [-0.4, -0.2) is 39.6 Å². The normalized spacial score (nSPS) is 14.5. The lowest BCUT2D eigenvalue weighted by atomic mass is 9.94. The van der Waals surface area contributed by atoms with E-state index in [2.05, 4.69) is 58.5 Å². The standard InChI is InChI=1S/C22H24N4O2/c1-22(2,26-11-9-16-6-3-4-7-18(16)14-26)15-24-21(27)19-12-20(28-25-19)17-8-5-10-23-13-17/h3-8,10,12-13H,9,11,14-15H2,1-2H3,(H,24,27). The van der Waals surface area contributed by atoms with E-state index in [0.717, 1.165) is 25.1 Å². The van der Waals surface area contributed by atoms with Crippen molar-refractivity contribution in [1.82, 2.24) is 20.4 Å². The topological polar surface area (TPSA) is 71.3 Å². The molecule has 144 valence electrons. The van der Waals surface area contributed by atoms with E-state index in [9.17, 15) is 4.79 Å². The molecule has 1 amide bonds. The lowest BCUT2D eigenvalue weighted by Crippen LogP contribution is -2.53. The highest BCUT2D eigenvalue weighted by Crippen LogP contribution is 2.25. The molecule has 28 heavy (non-hydrogen) atoms. The Kier molecular flexibility index (Phi) is 4.96. The molecule has 0 unspecified atom stereocenters. The van der Waals surface area contributed by atoms with Gasteiger partial charge in [0.25, 0.3) is 5.91 Å². The first-order valence-electron chi connectivity index (χ1n) is 9.50. The lowest BCUT2D eigenvalue weighted by molar-refractivity contribution is 0.0819. The van der Waals surface area contributed by atoms with Crippen molar-refractivity contribution in [3.63, 3.8) is 0 Å². The smallest absolute Gasteiger partial charge is 0.273 e. The summed E-state index contributed by atoms with van der Waals surface area (Å²) in [5, 5.41) is 6.91. The number of hydrogen-bond acceptors (Lipinski definition) is 5. The van der Waals surface area contributed by atoms with Gasteiger partial charge in [-0.3, -0.25) is 14.7 Å². The van der Waals surface area contributed by atoms with Gasteiger partial charge in [-0.1, -0.05) is 29.4 Å². The van der Waals surface area contributed by atoms with Gasteiger partial charge < -0.3 is 9.84 Å². The van der Waals surface area contributed by atoms with E-state index in [-0.39, 0.29) is 17.1 Å². The fourth-order valence-electron chi connectivity index (χ4n) is 3.54. The van der Waals surface area contributed by atoms with Crippen LogP contribution in [0.1, 0.15) is 35.5 Å². The number of carbonyl (C=O) groups is 1. The van der Waals surface area contributed by atoms with Gasteiger partial charge in [0, 0.05) is 49.2 Å². The molecule has 6 nitrogen and oxygen atoms in total. The van der Waals surface area contributed by atoms with Gasteiger partial charge >= 0.3 is 0 Å². The van der Waals surface area contributed by atoms with E-state index >= 15 is 0 Å². The number of benzene rings is 1. The highest BCUT2D eigenvalue weighted by molar-refractivity contribution is 5.93. The van der Waals surface area contributed by atoms with E-state index in [1.54, 1.807) is 18.5 Å². The van der Waals surface area contributed by atoms with Gasteiger partial charge in [-0.05, 0) is 43.5 Å². The zero-order valence-electron chi connectivity index (χ0n) is 16.2. The van der Waals surface area contributed by atoms with Gasteiger partial charge in [0.05, 0.1) is 0 Å². The van der Waals surface area contributed by atoms with Gasteiger partial charge in [0.15, 0.2) is 11.5 Å². The van der Waals surface area contributed by atoms with Crippen molar-refractivity contribution in [2.45, 2.75) is 32.4 Å². The number of nitrogens with zero attached hydrogens (tertiary/aromatic N) is 3. The SMILES string of the molecule is CC(C)(CNC(=O)c1cc(-c2cccnc2)on1)N1CCc2ccccc2C1. The Morgan fingerprint density at radius 3 is 2.82 bits per heavy atom. The van der Waals surface area contributed by atoms with Crippen LogP contribution in [0, 0.1) is 0 Å². The lowest BCUT2D eigenvalue weighted by Gasteiger charge is -2.41. The first-order valence-corrected chi connectivity index (χ1v) is 9.50. The van der Waals surface area contributed by atoms with Crippen LogP contribution in [0.3, 0.4) is 0 Å². The van der Waals surface area contributed by atoms with Crippen molar-refractivity contribution in [1.29, 1.82) is 0 Å². The number of rotatable bonds is 5. The van der Waals surface area contributed by atoms with Crippen LogP contribution in [0.4, 0.5) is 0 Å². The van der Waals surface area contributed by atoms with Crippen LogP contribution < -0.4 is 5.32 Å². The number of pyridine rings is 1. The predicted molar refractivity (Wildman–Crippen MR) is 107 cm³/mol. The summed E-state index contributed by atoms with van der Waals surface area (Å²) in [7, 11) is 0. The van der Waals surface area contributed by atoms with Gasteiger partial charge in [0.1, 0.15) is 0 Å². The Hall–Kier alpha value is -2.99. The minimum absolute atomic E-state index is 0.168. The molecule has 0 fully saturated rings. The molecular formula is C22H24N4O2. The second-order valence-corrected chi connectivity index (χ2v) is 7.75. The molecule has 0 saturated heterocycles. The summed E-state index contributed by atoms with van der Waals surface area (Å²) < 4.78 is 5.30. The van der Waals surface area contributed by atoms with Gasteiger partial charge in [0.2, 0.25) is 0 Å². The van der Waals surface area contributed by atoms with Gasteiger partial charge in [-0.25, -0.2) is 0 Å². The molecule has 0 saturated carbocycles. The maximum atomic E-state index is 12.5. The number of fused-ring (bicyclic) bond motifs is 1. The second kappa shape index (κ2) is 7.56. The second-order valence-electron chi connectivity index (χ2n) is 7.75. The summed E-state index contributed by atoms with van der Waals surface area (Å²) in [6, 6.07) is 13.9. The Labute approximate surface area is 164 Å². The average Bonchev–Trinajstić information content (AvgIpc) is 3.23. The van der Waals surface area contributed by atoms with Crippen LogP contribution in [-0.2, 0) is 13.0 Å². The molecule has 3 aromatic rings. The number of carbonyl (C=O) groups excluding carboxylic acids is 1. The third kappa shape index (κ3) is 3.82. The highest BCUT2D eigenvalue weighted by atomic mass is 16.5. The summed E-state index contributed by atoms with van der Waals surface area (Å²) in [6.07, 6.45) is 4.40.